The molecular formula is C24H33N5O. The number of likely N-dealkylation sites (tertiary alicyclic amines) is 2. The van der Waals surface area contributed by atoms with Gasteiger partial charge in [-0.1, -0.05) is 0 Å². The smallest absolute Gasteiger partial charge is 0.161 e. The van der Waals surface area contributed by atoms with Crippen LogP contribution in [0.15, 0.2) is 30.5 Å². The topological polar surface area (TPSA) is 44.7 Å². The number of hydrogen-bond acceptors (Lipinski definition) is 6. The first-order valence-electron chi connectivity index (χ1n) is 11.5. The summed E-state index contributed by atoms with van der Waals surface area (Å²) in [6, 6.07) is 8.28. The van der Waals surface area contributed by atoms with Crippen molar-refractivity contribution in [1.29, 1.82) is 0 Å². The van der Waals surface area contributed by atoms with Crippen LogP contribution in [0.25, 0.3) is 11.4 Å². The lowest BCUT2D eigenvalue weighted by molar-refractivity contribution is 0.208. The second-order valence-electron chi connectivity index (χ2n) is 9.00. The summed E-state index contributed by atoms with van der Waals surface area (Å²) in [5.74, 6) is 2.88. The summed E-state index contributed by atoms with van der Waals surface area (Å²) < 4.78 is 6.12. The average molecular weight is 408 g/mol. The second-order valence-corrected chi connectivity index (χ2v) is 9.00. The number of ether oxygens (including phenoxy) is 1. The van der Waals surface area contributed by atoms with E-state index < -0.39 is 0 Å². The molecule has 1 aromatic heterocycles. The van der Waals surface area contributed by atoms with E-state index in [2.05, 4.69) is 51.0 Å². The van der Waals surface area contributed by atoms with Gasteiger partial charge < -0.3 is 19.4 Å². The van der Waals surface area contributed by atoms with Crippen LogP contribution in [0.5, 0.6) is 5.75 Å². The fourth-order valence-electron chi connectivity index (χ4n) is 4.92. The third-order valence-electron chi connectivity index (χ3n) is 6.66. The Morgan fingerprint density at radius 2 is 1.87 bits per heavy atom. The molecule has 0 spiro atoms. The Hall–Kier alpha value is -2.18. The zero-order chi connectivity index (χ0) is 20.3. The Morgan fingerprint density at radius 3 is 2.63 bits per heavy atom. The molecule has 3 aliphatic rings. The SMILES string of the molecule is CN1CC[C@@H](Oc2ccc(-c3ncc4c(n3)N(CCCN3CCCC3)CC4)cc2)C1. The summed E-state index contributed by atoms with van der Waals surface area (Å²) >= 11 is 0. The Kier molecular flexibility index (Phi) is 5.86. The first-order chi connectivity index (χ1) is 14.7. The molecule has 2 saturated heterocycles. The number of anilines is 1. The molecule has 5 rings (SSSR count). The van der Waals surface area contributed by atoms with Crippen molar-refractivity contribution >= 4 is 5.82 Å². The molecule has 4 heterocycles. The zero-order valence-corrected chi connectivity index (χ0v) is 18.1. The van der Waals surface area contributed by atoms with Gasteiger partial charge >= 0.3 is 0 Å². The maximum Gasteiger partial charge on any atom is 0.161 e. The predicted molar refractivity (Wildman–Crippen MR) is 120 cm³/mol. The summed E-state index contributed by atoms with van der Waals surface area (Å²) in [7, 11) is 2.15. The third-order valence-corrected chi connectivity index (χ3v) is 6.66. The van der Waals surface area contributed by atoms with Crippen LogP contribution in [0.1, 0.15) is 31.2 Å². The van der Waals surface area contributed by atoms with Crippen LogP contribution in [0.3, 0.4) is 0 Å². The van der Waals surface area contributed by atoms with Crippen molar-refractivity contribution in [2.75, 3.05) is 57.8 Å². The second kappa shape index (κ2) is 8.90. The molecule has 160 valence electrons. The third kappa shape index (κ3) is 4.44. The molecule has 6 nitrogen and oxygen atoms in total. The molecule has 0 N–H and O–H groups in total. The van der Waals surface area contributed by atoms with Crippen molar-refractivity contribution < 1.29 is 4.74 Å². The van der Waals surface area contributed by atoms with Gasteiger partial charge in [0, 0.05) is 43.5 Å². The lowest BCUT2D eigenvalue weighted by Crippen LogP contribution is -2.28. The lowest BCUT2D eigenvalue weighted by atomic mass is 10.2. The number of rotatable bonds is 7. The van der Waals surface area contributed by atoms with E-state index in [0.29, 0.717) is 6.10 Å². The first-order valence-corrected chi connectivity index (χ1v) is 11.5. The number of benzene rings is 1. The first kappa shape index (κ1) is 19.8. The Bertz CT molecular complexity index is 849. The molecule has 2 fully saturated rings. The predicted octanol–water partition coefficient (Wildman–Crippen LogP) is 3.07. The summed E-state index contributed by atoms with van der Waals surface area (Å²) in [6.07, 6.45) is 8.42. The van der Waals surface area contributed by atoms with E-state index in [1.165, 1.54) is 44.5 Å². The zero-order valence-electron chi connectivity index (χ0n) is 18.1. The number of hydrogen-bond donors (Lipinski definition) is 0. The molecule has 3 aliphatic heterocycles. The molecule has 0 amide bonds. The molecule has 0 aliphatic carbocycles. The largest absolute Gasteiger partial charge is 0.489 e. The molecular weight excluding hydrogens is 374 g/mol. The van der Waals surface area contributed by atoms with Gasteiger partial charge in [0.05, 0.1) is 0 Å². The normalized spacial score (nSPS) is 22.0. The van der Waals surface area contributed by atoms with E-state index >= 15 is 0 Å². The minimum atomic E-state index is 0.297. The van der Waals surface area contributed by atoms with Crippen LogP contribution < -0.4 is 9.64 Å². The Morgan fingerprint density at radius 1 is 1.03 bits per heavy atom. The van der Waals surface area contributed by atoms with Crippen LogP contribution in [-0.4, -0.2) is 78.7 Å². The van der Waals surface area contributed by atoms with Crippen molar-refractivity contribution in [3.63, 3.8) is 0 Å². The average Bonchev–Trinajstić information content (AvgIpc) is 3.51. The maximum atomic E-state index is 6.12. The highest BCUT2D eigenvalue weighted by Crippen LogP contribution is 2.29. The number of nitrogens with zero attached hydrogens (tertiary/aromatic N) is 5. The molecule has 0 unspecified atom stereocenters. The van der Waals surface area contributed by atoms with Crippen LogP contribution in [-0.2, 0) is 6.42 Å². The highest BCUT2D eigenvalue weighted by Gasteiger charge is 2.23. The molecule has 6 heteroatoms. The molecule has 1 atom stereocenters. The summed E-state index contributed by atoms with van der Waals surface area (Å²) in [4.78, 5) is 17.0. The molecule has 0 saturated carbocycles. The lowest BCUT2D eigenvalue weighted by Gasteiger charge is -2.21. The van der Waals surface area contributed by atoms with Crippen molar-refractivity contribution in [2.45, 2.75) is 38.2 Å². The van der Waals surface area contributed by atoms with Gasteiger partial charge in [0.15, 0.2) is 5.82 Å². The minimum Gasteiger partial charge on any atom is -0.489 e. The van der Waals surface area contributed by atoms with Crippen molar-refractivity contribution in [3.05, 3.63) is 36.0 Å². The minimum absolute atomic E-state index is 0.297. The van der Waals surface area contributed by atoms with E-state index in [1.54, 1.807) is 0 Å². The van der Waals surface area contributed by atoms with Crippen molar-refractivity contribution in [1.82, 2.24) is 19.8 Å². The van der Waals surface area contributed by atoms with Crippen LogP contribution in [0, 0.1) is 0 Å². The van der Waals surface area contributed by atoms with Gasteiger partial charge in [-0.25, -0.2) is 9.97 Å². The van der Waals surface area contributed by atoms with Crippen molar-refractivity contribution in [2.24, 2.45) is 0 Å². The maximum absolute atomic E-state index is 6.12. The van der Waals surface area contributed by atoms with Gasteiger partial charge in [-0.15, -0.1) is 0 Å². The number of aromatic nitrogens is 2. The highest BCUT2D eigenvalue weighted by molar-refractivity contribution is 5.61. The number of likely N-dealkylation sites (N-methyl/N-ethyl adjacent to an activating group) is 1. The van der Waals surface area contributed by atoms with E-state index in [4.69, 9.17) is 9.72 Å². The Balaban J connectivity index is 1.22. The number of fused-ring (bicyclic) bond motifs is 1. The van der Waals surface area contributed by atoms with Crippen LogP contribution in [0.2, 0.25) is 0 Å². The van der Waals surface area contributed by atoms with Gasteiger partial charge in [-0.2, -0.15) is 0 Å². The standard InChI is InChI=1S/C24H33N5O/c1-27-15-10-22(18-27)30-21-7-5-19(6-8-21)23-25-17-20-9-16-29(24(20)26-23)14-4-13-28-11-2-3-12-28/h5-8,17,22H,2-4,9-16,18H2,1H3/t22-/m1/s1. The summed E-state index contributed by atoms with van der Waals surface area (Å²) in [6.45, 7) is 8.03. The van der Waals surface area contributed by atoms with Crippen LogP contribution in [0.4, 0.5) is 5.82 Å². The quantitative estimate of drug-likeness (QED) is 0.703. The van der Waals surface area contributed by atoms with Gasteiger partial charge in [0.25, 0.3) is 0 Å². The van der Waals surface area contributed by atoms with Gasteiger partial charge in [0.1, 0.15) is 17.7 Å². The summed E-state index contributed by atoms with van der Waals surface area (Å²) in [5.41, 5.74) is 2.34. The monoisotopic (exact) mass is 407 g/mol. The molecule has 0 radical (unpaired) electrons. The van der Waals surface area contributed by atoms with Crippen LogP contribution >= 0.6 is 0 Å². The molecule has 2 aromatic rings. The summed E-state index contributed by atoms with van der Waals surface area (Å²) in [5, 5.41) is 0. The van der Waals surface area contributed by atoms with Gasteiger partial charge in [0.2, 0.25) is 0 Å². The molecule has 30 heavy (non-hydrogen) atoms. The van der Waals surface area contributed by atoms with Gasteiger partial charge in [-0.3, -0.25) is 0 Å². The van der Waals surface area contributed by atoms with Gasteiger partial charge in [-0.05, 0) is 83.1 Å². The fraction of sp³-hybridized carbons (Fsp3) is 0.583. The van der Waals surface area contributed by atoms with Crippen molar-refractivity contribution in [3.8, 4) is 17.1 Å². The van der Waals surface area contributed by atoms with E-state index in [1.807, 2.05) is 6.20 Å². The molecule has 0 bridgehead atoms. The van der Waals surface area contributed by atoms with E-state index in [-0.39, 0.29) is 0 Å². The highest BCUT2D eigenvalue weighted by atomic mass is 16.5. The fourth-order valence-corrected chi connectivity index (χ4v) is 4.92. The van der Waals surface area contributed by atoms with E-state index in [9.17, 15) is 0 Å². The van der Waals surface area contributed by atoms with E-state index in [0.717, 1.165) is 62.0 Å². The Labute approximate surface area is 179 Å². The molecule has 1 aromatic carbocycles.